The number of halogens is 1. The molecule has 1 aromatic carbocycles. The van der Waals surface area contributed by atoms with Gasteiger partial charge in [-0.3, -0.25) is 0 Å². The van der Waals surface area contributed by atoms with Crippen molar-refractivity contribution in [3.63, 3.8) is 0 Å². The molecule has 1 unspecified atom stereocenters. The fraction of sp³-hybridized carbons (Fsp3) is 0.143. The molecule has 0 saturated heterocycles. The topological polar surface area (TPSA) is 20.2 Å². The van der Waals surface area contributed by atoms with Crippen LogP contribution in [0.25, 0.3) is 10.1 Å². The van der Waals surface area contributed by atoms with E-state index in [-0.39, 0.29) is 0 Å². The summed E-state index contributed by atoms with van der Waals surface area (Å²) in [6, 6.07) is 10.3. The summed E-state index contributed by atoms with van der Waals surface area (Å²) in [5, 5.41) is 15.7. The zero-order valence-corrected chi connectivity index (χ0v) is 12.7. The van der Waals surface area contributed by atoms with E-state index in [4.69, 9.17) is 0 Å². The van der Waals surface area contributed by atoms with Crippen LogP contribution >= 0.6 is 38.6 Å². The van der Waals surface area contributed by atoms with Crippen molar-refractivity contribution in [3.8, 4) is 0 Å². The number of fused-ring (bicyclic) bond motifs is 1. The van der Waals surface area contributed by atoms with Crippen molar-refractivity contribution in [3.05, 3.63) is 56.0 Å². The lowest BCUT2D eigenvalue weighted by atomic mass is 10.1. The standard InChI is InChI=1S/C14H11BrOS2/c15-10-6-14(18-8-10)12(16)5-9-7-17-13-4-2-1-3-11(9)13/h1-4,6-8,12,16H,5H2. The molecule has 18 heavy (non-hydrogen) atoms. The lowest BCUT2D eigenvalue weighted by Crippen LogP contribution is -1.98. The third-order valence-corrected chi connectivity index (χ3v) is 5.70. The zero-order valence-electron chi connectivity index (χ0n) is 9.47. The molecule has 1 atom stereocenters. The molecule has 0 aliphatic heterocycles. The van der Waals surface area contributed by atoms with Gasteiger partial charge in [0.1, 0.15) is 0 Å². The first kappa shape index (κ1) is 12.4. The lowest BCUT2D eigenvalue weighted by Gasteiger charge is -2.07. The van der Waals surface area contributed by atoms with Crippen LogP contribution in [0, 0.1) is 0 Å². The van der Waals surface area contributed by atoms with Crippen LogP contribution in [-0.2, 0) is 6.42 Å². The van der Waals surface area contributed by atoms with Crippen LogP contribution in [0.4, 0.5) is 0 Å². The zero-order chi connectivity index (χ0) is 12.5. The van der Waals surface area contributed by atoms with Crippen molar-refractivity contribution in [2.45, 2.75) is 12.5 Å². The number of rotatable bonds is 3. The van der Waals surface area contributed by atoms with Gasteiger partial charge in [-0.25, -0.2) is 0 Å². The van der Waals surface area contributed by atoms with Crippen molar-refractivity contribution >= 4 is 48.7 Å². The van der Waals surface area contributed by atoms with E-state index < -0.39 is 6.10 Å². The van der Waals surface area contributed by atoms with Crippen molar-refractivity contribution in [1.29, 1.82) is 0 Å². The molecule has 0 saturated carbocycles. The quantitative estimate of drug-likeness (QED) is 0.712. The Morgan fingerprint density at radius 3 is 2.78 bits per heavy atom. The Morgan fingerprint density at radius 1 is 1.17 bits per heavy atom. The summed E-state index contributed by atoms with van der Waals surface area (Å²) in [7, 11) is 0. The molecular formula is C14H11BrOS2. The van der Waals surface area contributed by atoms with Gasteiger partial charge in [-0.15, -0.1) is 22.7 Å². The van der Waals surface area contributed by atoms with Gasteiger partial charge in [-0.1, -0.05) is 18.2 Å². The second kappa shape index (κ2) is 5.13. The highest BCUT2D eigenvalue weighted by molar-refractivity contribution is 9.10. The van der Waals surface area contributed by atoms with Crippen LogP contribution in [0.1, 0.15) is 16.5 Å². The summed E-state index contributed by atoms with van der Waals surface area (Å²) in [5.74, 6) is 0. The van der Waals surface area contributed by atoms with Crippen LogP contribution in [0.5, 0.6) is 0 Å². The van der Waals surface area contributed by atoms with Gasteiger partial charge in [-0.05, 0) is 44.4 Å². The first-order chi connectivity index (χ1) is 8.74. The molecule has 0 spiro atoms. The molecule has 2 aromatic heterocycles. The number of aliphatic hydroxyl groups is 1. The Balaban J connectivity index is 1.88. The van der Waals surface area contributed by atoms with Gasteiger partial charge >= 0.3 is 0 Å². The second-order valence-corrected chi connectivity index (χ2v) is 6.91. The molecule has 0 radical (unpaired) electrons. The number of hydrogen-bond donors (Lipinski definition) is 1. The minimum absolute atomic E-state index is 0.417. The van der Waals surface area contributed by atoms with Crippen molar-refractivity contribution in [2.24, 2.45) is 0 Å². The molecule has 0 fully saturated rings. The molecule has 3 aromatic rings. The summed E-state index contributed by atoms with van der Waals surface area (Å²) >= 11 is 6.75. The molecule has 0 aliphatic rings. The minimum atomic E-state index is -0.417. The van der Waals surface area contributed by atoms with E-state index in [9.17, 15) is 5.11 Å². The normalized spacial score (nSPS) is 13.0. The lowest BCUT2D eigenvalue weighted by molar-refractivity contribution is 0.183. The molecular weight excluding hydrogens is 328 g/mol. The Kier molecular flexibility index (Phi) is 3.52. The predicted molar refractivity (Wildman–Crippen MR) is 82.5 cm³/mol. The molecule has 0 amide bonds. The number of benzene rings is 1. The maximum Gasteiger partial charge on any atom is 0.0923 e. The molecule has 1 nitrogen and oxygen atoms in total. The van der Waals surface area contributed by atoms with Gasteiger partial charge in [0.2, 0.25) is 0 Å². The second-order valence-electron chi connectivity index (χ2n) is 4.14. The molecule has 2 heterocycles. The van der Waals surface area contributed by atoms with E-state index >= 15 is 0 Å². The Bertz CT molecular complexity index is 671. The van der Waals surface area contributed by atoms with Gasteiger partial charge < -0.3 is 5.11 Å². The van der Waals surface area contributed by atoms with Crippen LogP contribution in [0.2, 0.25) is 0 Å². The van der Waals surface area contributed by atoms with Crippen molar-refractivity contribution in [1.82, 2.24) is 0 Å². The number of thiophene rings is 2. The van der Waals surface area contributed by atoms with E-state index in [1.54, 1.807) is 22.7 Å². The van der Waals surface area contributed by atoms with E-state index in [2.05, 4.69) is 39.5 Å². The summed E-state index contributed by atoms with van der Waals surface area (Å²) < 4.78 is 2.32. The first-order valence-corrected chi connectivity index (χ1v) is 8.16. The van der Waals surface area contributed by atoms with E-state index in [1.165, 1.54) is 15.6 Å². The van der Waals surface area contributed by atoms with Crippen molar-refractivity contribution < 1.29 is 5.11 Å². The minimum Gasteiger partial charge on any atom is -0.387 e. The van der Waals surface area contributed by atoms with Gasteiger partial charge in [0.25, 0.3) is 0 Å². The fourth-order valence-corrected chi connectivity index (χ4v) is 4.41. The molecule has 3 rings (SSSR count). The van der Waals surface area contributed by atoms with Crippen LogP contribution in [-0.4, -0.2) is 5.11 Å². The molecule has 4 heteroatoms. The highest BCUT2D eigenvalue weighted by Gasteiger charge is 2.13. The SMILES string of the molecule is OC(Cc1csc2ccccc12)c1cc(Br)cs1. The smallest absolute Gasteiger partial charge is 0.0923 e. The number of hydrogen-bond acceptors (Lipinski definition) is 3. The summed E-state index contributed by atoms with van der Waals surface area (Å²) in [6.45, 7) is 0. The van der Waals surface area contributed by atoms with Gasteiger partial charge in [0.05, 0.1) is 6.10 Å². The Hall–Kier alpha value is -0.680. The first-order valence-electron chi connectivity index (χ1n) is 5.61. The summed E-state index contributed by atoms with van der Waals surface area (Å²) in [5.41, 5.74) is 1.23. The van der Waals surface area contributed by atoms with E-state index in [0.717, 1.165) is 9.35 Å². The van der Waals surface area contributed by atoms with Crippen LogP contribution in [0.3, 0.4) is 0 Å². The van der Waals surface area contributed by atoms with E-state index in [0.29, 0.717) is 6.42 Å². The third kappa shape index (κ3) is 2.38. The summed E-state index contributed by atoms with van der Waals surface area (Å²) in [6.07, 6.45) is 0.260. The van der Waals surface area contributed by atoms with Gasteiger partial charge in [0.15, 0.2) is 0 Å². The molecule has 1 N–H and O–H groups in total. The fourth-order valence-electron chi connectivity index (χ4n) is 2.00. The number of aliphatic hydroxyl groups excluding tert-OH is 1. The average Bonchev–Trinajstić information content (AvgIpc) is 2.97. The molecule has 0 bridgehead atoms. The van der Waals surface area contributed by atoms with Crippen LogP contribution < -0.4 is 0 Å². The predicted octanol–water partition coefficient (Wildman–Crippen LogP) is 5.00. The average molecular weight is 339 g/mol. The largest absolute Gasteiger partial charge is 0.387 e. The monoisotopic (exact) mass is 338 g/mol. The summed E-state index contributed by atoms with van der Waals surface area (Å²) in [4.78, 5) is 1.01. The van der Waals surface area contributed by atoms with E-state index in [1.807, 2.05) is 17.5 Å². The Labute approximate surface area is 122 Å². The maximum atomic E-state index is 10.3. The third-order valence-electron chi connectivity index (χ3n) is 2.89. The molecule has 0 aliphatic carbocycles. The Morgan fingerprint density at radius 2 is 2.00 bits per heavy atom. The van der Waals surface area contributed by atoms with Crippen molar-refractivity contribution in [2.75, 3.05) is 0 Å². The van der Waals surface area contributed by atoms with Crippen LogP contribution in [0.15, 0.2) is 45.6 Å². The maximum absolute atomic E-state index is 10.3. The molecule has 92 valence electrons. The highest BCUT2D eigenvalue weighted by atomic mass is 79.9. The van der Waals surface area contributed by atoms with Gasteiger partial charge in [0, 0.05) is 25.9 Å². The highest BCUT2D eigenvalue weighted by Crippen LogP contribution is 2.32. The van der Waals surface area contributed by atoms with Gasteiger partial charge in [-0.2, -0.15) is 0 Å².